The van der Waals surface area contributed by atoms with E-state index in [-0.39, 0.29) is 5.56 Å². The van der Waals surface area contributed by atoms with Crippen LogP contribution in [0.5, 0.6) is 0 Å². The molecule has 28 heavy (non-hydrogen) atoms. The lowest BCUT2D eigenvalue weighted by atomic mass is 10.1. The van der Waals surface area contributed by atoms with E-state index in [2.05, 4.69) is 15.3 Å². The Morgan fingerprint density at radius 2 is 1.64 bits per heavy atom. The zero-order valence-electron chi connectivity index (χ0n) is 14.9. The lowest BCUT2D eigenvalue weighted by Gasteiger charge is -2.07. The first kappa shape index (κ1) is 17.9. The number of hydrogen-bond donors (Lipinski definition) is 1. The van der Waals surface area contributed by atoms with Crippen LogP contribution in [-0.4, -0.2) is 31.1 Å². The molecule has 0 saturated heterocycles. The highest BCUT2D eigenvalue weighted by molar-refractivity contribution is 6.30. The van der Waals surface area contributed by atoms with Crippen molar-refractivity contribution in [2.24, 2.45) is 0 Å². The van der Waals surface area contributed by atoms with Gasteiger partial charge in [-0.3, -0.25) is 4.98 Å². The molecule has 0 radical (unpaired) electrons. The Bertz CT molecular complexity index is 1150. The molecule has 4 rings (SSSR count). The number of aromatic nitrogens is 4. The summed E-state index contributed by atoms with van der Waals surface area (Å²) in [4.78, 5) is 15.5. The van der Waals surface area contributed by atoms with Crippen LogP contribution in [0.25, 0.3) is 28.2 Å². The van der Waals surface area contributed by atoms with Gasteiger partial charge in [0.05, 0.1) is 29.3 Å². The molecular weight excluding hydrogens is 376 g/mol. The van der Waals surface area contributed by atoms with Crippen molar-refractivity contribution in [3.8, 4) is 28.2 Å². The van der Waals surface area contributed by atoms with Gasteiger partial charge < -0.3 is 5.11 Å². The van der Waals surface area contributed by atoms with Gasteiger partial charge in [-0.25, -0.2) is 9.48 Å². The molecule has 0 amide bonds. The molecule has 1 N–H and O–H groups in total. The van der Waals surface area contributed by atoms with E-state index in [0.717, 1.165) is 28.1 Å². The van der Waals surface area contributed by atoms with Crippen molar-refractivity contribution in [3.05, 3.63) is 83.1 Å². The van der Waals surface area contributed by atoms with Crippen molar-refractivity contribution >= 4 is 17.6 Å². The Balaban J connectivity index is 1.63. The topological polar surface area (TPSA) is 80.9 Å². The second kappa shape index (κ2) is 7.25. The highest BCUT2D eigenvalue weighted by atomic mass is 35.5. The molecule has 0 aliphatic heterocycles. The average Bonchev–Trinajstić information content (AvgIpc) is 3.18. The number of carbonyl (C=O) groups is 1. The summed E-state index contributed by atoms with van der Waals surface area (Å²) in [5.41, 5.74) is 5.32. The van der Waals surface area contributed by atoms with E-state index in [1.165, 1.54) is 0 Å². The van der Waals surface area contributed by atoms with E-state index in [1.807, 2.05) is 37.3 Å². The monoisotopic (exact) mass is 390 g/mol. The fraction of sp³-hybridized carbons (Fsp3) is 0.0476. The van der Waals surface area contributed by atoms with Crippen LogP contribution < -0.4 is 0 Å². The number of pyridine rings is 1. The number of benzene rings is 2. The van der Waals surface area contributed by atoms with Crippen LogP contribution in [0, 0.1) is 6.92 Å². The Morgan fingerprint density at radius 1 is 1.00 bits per heavy atom. The molecule has 6 nitrogen and oxygen atoms in total. The molecule has 138 valence electrons. The van der Waals surface area contributed by atoms with E-state index < -0.39 is 5.97 Å². The third-order valence-corrected chi connectivity index (χ3v) is 4.64. The maximum Gasteiger partial charge on any atom is 0.335 e. The van der Waals surface area contributed by atoms with Gasteiger partial charge in [-0.05, 0) is 42.8 Å². The first-order valence-electron chi connectivity index (χ1n) is 8.50. The van der Waals surface area contributed by atoms with Gasteiger partial charge in [0.15, 0.2) is 0 Å². The Hall–Kier alpha value is -3.51. The molecule has 0 saturated carbocycles. The smallest absolute Gasteiger partial charge is 0.335 e. The predicted molar refractivity (Wildman–Crippen MR) is 107 cm³/mol. The summed E-state index contributed by atoms with van der Waals surface area (Å²) in [6.45, 7) is 1.99. The summed E-state index contributed by atoms with van der Waals surface area (Å²) >= 11 is 5.94. The van der Waals surface area contributed by atoms with E-state index in [9.17, 15) is 4.79 Å². The van der Waals surface area contributed by atoms with E-state index >= 15 is 0 Å². The van der Waals surface area contributed by atoms with Crippen molar-refractivity contribution < 1.29 is 9.90 Å². The van der Waals surface area contributed by atoms with Gasteiger partial charge in [0.1, 0.15) is 5.69 Å². The van der Waals surface area contributed by atoms with E-state index in [1.54, 1.807) is 41.3 Å². The summed E-state index contributed by atoms with van der Waals surface area (Å²) in [5.74, 6) is -0.960. The molecule has 0 atom stereocenters. The van der Waals surface area contributed by atoms with Gasteiger partial charge in [-0.2, -0.15) is 0 Å². The number of rotatable bonds is 4. The lowest BCUT2D eigenvalue weighted by molar-refractivity contribution is 0.0697. The van der Waals surface area contributed by atoms with Crippen molar-refractivity contribution in [2.45, 2.75) is 6.92 Å². The number of aryl methyl sites for hydroxylation is 1. The van der Waals surface area contributed by atoms with Crippen molar-refractivity contribution in [1.82, 2.24) is 20.0 Å². The van der Waals surface area contributed by atoms with Gasteiger partial charge >= 0.3 is 5.97 Å². The number of nitrogens with zero attached hydrogens (tertiary/aromatic N) is 4. The zero-order chi connectivity index (χ0) is 19.7. The third-order valence-electron chi connectivity index (χ3n) is 4.39. The van der Waals surface area contributed by atoms with Crippen LogP contribution in [0.3, 0.4) is 0 Å². The quantitative estimate of drug-likeness (QED) is 0.548. The van der Waals surface area contributed by atoms with Gasteiger partial charge in [0, 0.05) is 16.1 Å². The van der Waals surface area contributed by atoms with E-state index in [4.69, 9.17) is 16.7 Å². The first-order chi connectivity index (χ1) is 13.5. The Morgan fingerprint density at radius 3 is 2.29 bits per heavy atom. The van der Waals surface area contributed by atoms with Gasteiger partial charge in [-0.1, -0.05) is 41.1 Å². The van der Waals surface area contributed by atoms with E-state index in [0.29, 0.717) is 10.7 Å². The highest BCUT2D eigenvalue weighted by Gasteiger charge is 2.10. The maximum atomic E-state index is 11.0. The van der Waals surface area contributed by atoms with Crippen LogP contribution in [0.4, 0.5) is 0 Å². The standard InChI is InChI=1S/C21H15ClN4O2/c1-13-10-18(14-6-8-17(22)9-7-14)23-11-20(13)26-12-19(24-25-26)15-2-4-16(5-3-15)21(27)28/h2-12H,1H3,(H,27,28). The number of carboxylic acids is 1. The molecule has 0 fully saturated rings. The fourth-order valence-corrected chi connectivity index (χ4v) is 2.99. The highest BCUT2D eigenvalue weighted by Crippen LogP contribution is 2.24. The number of halogens is 1. The SMILES string of the molecule is Cc1cc(-c2ccc(Cl)cc2)ncc1-n1cc(-c2ccc(C(=O)O)cc2)nn1. The molecule has 0 aliphatic rings. The average molecular weight is 391 g/mol. The normalized spacial score (nSPS) is 10.8. The lowest BCUT2D eigenvalue weighted by Crippen LogP contribution is -1.99. The summed E-state index contributed by atoms with van der Waals surface area (Å²) in [6.07, 6.45) is 3.55. The van der Waals surface area contributed by atoms with Crippen LogP contribution in [0.1, 0.15) is 15.9 Å². The van der Waals surface area contributed by atoms with Crippen molar-refractivity contribution in [3.63, 3.8) is 0 Å². The molecule has 0 unspecified atom stereocenters. The van der Waals surface area contributed by atoms with Crippen LogP contribution in [0.15, 0.2) is 67.0 Å². The Labute approximate surface area is 166 Å². The maximum absolute atomic E-state index is 11.0. The van der Waals surface area contributed by atoms with Gasteiger partial charge in [0.2, 0.25) is 0 Å². The molecular formula is C21H15ClN4O2. The minimum Gasteiger partial charge on any atom is -0.478 e. The van der Waals surface area contributed by atoms with Gasteiger partial charge in [-0.15, -0.1) is 5.10 Å². The summed E-state index contributed by atoms with van der Waals surface area (Å²) in [7, 11) is 0. The van der Waals surface area contributed by atoms with Crippen LogP contribution >= 0.6 is 11.6 Å². The van der Waals surface area contributed by atoms with Crippen molar-refractivity contribution in [1.29, 1.82) is 0 Å². The van der Waals surface area contributed by atoms with Gasteiger partial charge in [0.25, 0.3) is 0 Å². The summed E-state index contributed by atoms with van der Waals surface area (Å²) < 4.78 is 1.66. The molecule has 0 spiro atoms. The summed E-state index contributed by atoms with van der Waals surface area (Å²) in [6, 6.07) is 16.0. The first-order valence-corrected chi connectivity index (χ1v) is 8.88. The molecule has 4 aromatic rings. The molecule has 2 heterocycles. The van der Waals surface area contributed by atoms with Crippen molar-refractivity contribution in [2.75, 3.05) is 0 Å². The Kier molecular flexibility index (Phi) is 4.63. The second-order valence-electron chi connectivity index (χ2n) is 6.29. The molecule has 0 aliphatic carbocycles. The third kappa shape index (κ3) is 3.50. The summed E-state index contributed by atoms with van der Waals surface area (Å²) in [5, 5.41) is 18.1. The number of aromatic carboxylic acids is 1. The zero-order valence-corrected chi connectivity index (χ0v) is 15.6. The second-order valence-corrected chi connectivity index (χ2v) is 6.73. The van der Waals surface area contributed by atoms with Crippen LogP contribution in [0.2, 0.25) is 5.02 Å². The largest absolute Gasteiger partial charge is 0.478 e. The predicted octanol–water partition coefficient (Wildman–Crippen LogP) is 4.66. The minimum absolute atomic E-state index is 0.231. The molecule has 7 heteroatoms. The number of hydrogen-bond acceptors (Lipinski definition) is 4. The minimum atomic E-state index is -0.960. The fourth-order valence-electron chi connectivity index (χ4n) is 2.86. The van der Waals surface area contributed by atoms with Crippen LogP contribution in [-0.2, 0) is 0 Å². The molecule has 2 aromatic heterocycles. The molecule has 2 aromatic carbocycles. The molecule has 0 bridgehead atoms. The number of carboxylic acid groups (broad SMARTS) is 1.